The molecule has 0 unspecified atom stereocenters. The molecule has 1 fully saturated rings. The van der Waals surface area contributed by atoms with Crippen LogP contribution in [0, 0.1) is 11.3 Å². The van der Waals surface area contributed by atoms with Gasteiger partial charge in [0.05, 0.1) is 0 Å². The molecule has 2 amide bonds. The molecular weight excluding hydrogens is 180 g/mol. The summed E-state index contributed by atoms with van der Waals surface area (Å²) in [5, 5.41) is 0. The highest BCUT2D eigenvalue weighted by molar-refractivity contribution is 5.99. The van der Waals surface area contributed by atoms with Crippen molar-refractivity contribution < 1.29 is 9.59 Å². The van der Waals surface area contributed by atoms with Crippen LogP contribution < -0.4 is 11.5 Å². The lowest BCUT2D eigenvalue weighted by molar-refractivity contribution is -0.138. The number of hydrogen-bond acceptors (Lipinski definition) is 2. The van der Waals surface area contributed by atoms with E-state index in [-0.39, 0.29) is 5.41 Å². The lowest BCUT2D eigenvalue weighted by Gasteiger charge is -2.37. The van der Waals surface area contributed by atoms with Crippen molar-refractivity contribution in [3.8, 4) is 0 Å². The smallest absolute Gasteiger partial charge is 0.230 e. The van der Waals surface area contributed by atoms with Crippen molar-refractivity contribution in [3.63, 3.8) is 0 Å². The predicted molar refractivity (Wildman–Crippen MR) is 53.1 cm³/mol. The van der Waals surface area contributed by atoms with E-state index in [0.29, 0.717) is 0 Å². The molecule has 0 spiro atoms. The second-order valence-electron chi connectivity index (χ2n) is 4.45. The van der Waals surface area contributed by atoms with E-state index in [4.69, 9.17) is 11.5 Å². The van der Waals surface area contributed by atoms with Gasteiger partial charge in [-0.1, -0.05) is 26.2 Å². The topological polar surface area (TPSA) is 86.2 Å². The summed E-state index contributed by atoms with van der Waals surface area (Å²) in [4.78, 5) is 22.3. The summed E-state index contributed by atoms with van der Waals surface area (Å²) in [6, 6.07) is 0. The Balaban J connectivity index is 2.84. The number of hydrogen-bond donors (Lipinski definition) is 2. The molecule has 0 saturated heterocycles. The fraction of sp³-hybridized carbons (Fsp3) is 0.800. The number of rotatable bonds is 3. The van der Waals surface area contributed by atoms with Gasteiger partial charge in [0.2, 0.25) is 11.8 Å². The van der Waals surface area contributed by atoms with Gasteiger partial charge in [-0.15, -0.1) is 0 Å². The molecule has 0 aromatic rings. The summed E-state index contributed by atoms with van der Waals surface area (Å²) < 4.78 is 0. The van der Waals surface area contributed by atoms with Gasteiger partial charge in [0, 0.05) is 0 Å². The number of carbonyl (C=O) groups excluding carboxylic acids is 2. The van der Waals surface area contributed by atoms with Gasteiger partial charge in [0.1, 0.15) is 5.92 Å². The molecule has 0 radical (unpaired) electrons. The van der Waals surface area contributed by atoms with Gasteiger partial charge in [-0.25, -0.2) is 0 Å². The molecule has 1 saturated carbocycles. The summed E-state index contributed by atoms with van der Waals surface area (Å²) in [6.45, 7) is 1.94. The second kappa shape index (κ2) is 3.98. The van der Waals surface area contributed by atoms with E-state index in [1.165, 1.54) is 6.42 Å². The number of amides is 2. The normalized spacial score (nSPS) is 20.7. The third-order valence-electron chi connectivity index (χ3n) is 3.26. The molecule has 0 aliphatic heterocycles. The number of carbonyl (C=O) groups is 2. The molecule has 4 heteroatoms. The SMILES string of the molecule is CC1(C(C(N)=O)C(N)=O)CCCCC1. The highest BCUT2D eigenvalue weighted by Crippen LogP contribution is 2.41. The van der Waals surface area contributed by atoms with Gasteiger partial charge < -0.3 is 11.5 Å². The second-order valence-corrected chi connectivity index (χ2v) is 4.45. The average molecular weight is 198 g/mol. The Labute approximate surface area is 84.0 Å². The summed E-state index contributed by atoms with van der Waals surface area (Å²) >= 11 is 0. The first-order valence-electron chi connectivity index (χ1n) is 5.06. The molecule has 0 heterocycles. The van der Waals surface area contributed by atoms with Crippen LogP contribution >= 0.6 is 0 Å². The molecule has 1 aliphatic rings. The Morgan fingerprint density at radius 2 is 1.50 bits per heavy atom. The third kappa shape index (κ3) is 2.05. The Kier molecular flexibility index (Phi) is 3.13. The van der Waals surface area contributed by atoms with Crippen LogP contribution in [0.25, 0.3) is 0 Å². The maximum absolute atomic E-state index is 11.2. The largest absolute Gasteiger partial charge is 0.369 e. The molecule has 80 valence electrons. The first kappa shape index (κ1) is 11.0. The highest BCUT2D eigenvalue weighted by Gasteiger charge is 2.42. The van der Waals surface area contributed by atoms with Crippen molar-refractivity contribution in [2.24, 2.45) is 22.8 Å². The third-order valence-corrected chi connectivity index (χ3v) is 3.26. The number of primary amides is 2. The van der Waals surface area contributed by atoms with Crippen LogP contribution in [0.15, 0.2) is 0 Å². The van der Waals surface area contributed by atoms with Gasteiger partial charge in [0.25, 0.3) is 0 Å². The molecule has 0 aromatic heterocycles. The predicted octanol–water partition coefficient (Wildman–Crippen LogP) is 0.544. The van der Waals surface area contributed by atoms with Gasteiger partial charge in [-0.2, -0.15) is 0 Å². The van der Waals surface area contributed by atoms with Gasteiger partial charge >= 0.3 is 0 Å². The van der Waals surface area contributed by atoms with Crippen LogP contribution in [0.5, 0.6) is 0 Å². The van der Waals surface area contributed by atoms with Crippen molar-refractivity contribution in [1.82, 2.24) is 0 Å². The zero-order chi connectivity index (χ0) is 10.8. The molecule has 14 heavy (non-hydrogen) atoms. The van der Waals surface area contributed by atoms with Crippen LogP contribution in [0.2, 0.25) is 0 Å². The lowest BCUT2D eigenvalue weighted by Crippen LogP contribution is -2.46. The Morgan fingerprint density at radius 3 is 1.86 bits per heavy atom. The minimum Gasteiger partial charge on any atom is -0.369 e. The zero-order valence-corrected chi connectivity index (χ0v) is 8.58. The first-order chi connectivity index (χ1) is 6.47. The lowest BCUT2D eigenvalue weighted by atomic mass is 9.66. The first-order valence-corrected chi connectivity index (χ1v) is 5.06. The monoisotopic (exact) mass is 198 g/mol. The van der Waals surface area contributed by atoms with E-state index in [9.17, 15) is 9.59 Å². The van der Waals surface area contributed by atoms with Crippen LogP contribution in [0.4, 0.5) is 0 Å². The zero-order valence-electron chi connectivity index (χ0n) is 8.58. The van der Waals surface area contributed by atoms with Crippen LogP contribution in [-0.2, 0) is 9.59 Å². The van der Waals surface area contributed by atoms with Crippen molar-refractivity contribution in [2.75, 3.05) is 0 Å². The standard InChI is InChI=1S/C10H18N2O2/c1-10(5-3-2-4-6-10)7(8(11)13)9(12)14/h7H,2-6H2,1H3,(H2,11,13)(H2,12,14). The maximum Gasteiger partial charge on any atom is 0.230 e. The average Bonchev–Trinajstić information content (AvgIpc) is 2.02. The highest BCUT2D eigenvalue weighted by atomic mass is 16.2. The fourth-order valence-electron chi connectivity index (χ4n) is 2.48. The molecule has 1 aliphatic carbocycles. The van der Waals surface area contributed by atoms with Crippen molar-refractivity contribution >= 4 is 11.8 Å². The minimum absolute atomic E-state index is 0.310. The minimum atomic E-state index is -0.803. The van der Waals surface area contributed by atoms with Gasteiger partial charge in [0.15, 0.2) is 0 Å². The quantitative estimate of drug-likeness (QED) is 0.648. The van der Waals surface area contributed by atoms with Crippen molar-refractivity contribution in [1.29, 1.82) is 0 Å². The summed E-state index contributed by atoms with van der Waals surface area (Å²) in [6.07, 6.45) is 4.99. The summed E-state index contributed by atoms with van der Waals surface area (Å²) in [5.74, 6) is -1.97. The van der Waals surface area contributed by atoms with Gasteiger partial charge in [-0.3, -0.25) is 9.59 Å². The van der Waals surface area contributed by atoms with Crippen LogP contribution in [-0.4, -0.2) is 11.8 Å². The number of nitrogens with two attached hydrogens (primary N) is 2. The maximum atomic E-state index is 11.2. The molecule has 0 aromatic carbocycles. The molecule has 0 bridgehead atoms. The van der Waals surface area contributed by atoms with Crippen LogP contribution in [0.1, 0.15) is 39.0 Å². The van der Waals surface area contributed by atoms with E-state index in [0.717, 1.165) is 25.7 Å². The Bertz CT molecular complexity index is 231. The molecular formula is C10H18N2O2. The summed E-state index contributed by atoms with van der Waals surface area (Å²) in [7, 11) is 0. The fourth-order valence-corrected chi connectivity index (χ4v) is 2.48. The molecule has 4 nitrogen and oxygen atoms in total. The molecule has 4 N–H and O–H groups in total. The van der Waals surface area contributed by atoms with Crippen LogP contribution in [0.3, 0.4) is 0 Å². The van der Waals surface area contributed by atoms with E-state index in [1.54, 1.807) is 0 Å². The van der Waals surface area contributed by atoms with E-state index < -0.39 is 17.7 Å². The van der Waals surface area contributed by atoms with Crippen molar-refractivity contribution in [2.45, 2.75) is 39.0 Å². The van der Waals surface area contributed by atoms with E-state index in [2.05, 4.69) is 0 Å². The van der Waals surface area contributed by atoms with E-state index >= 15 is 0 Å². The Hall–Kier alpha value is -1.06. The van der Waals surface area contributed by atoms with E-state index in [1.807, 2.05) is 6.92 Å². The van der Waals surface area contributed by atoms with Gasteiger partial charge in [-0.05, 0) is 18.3 Å². The van der Waals surface area contributed by atoms with Crippen molar-refractivity contribution in [3.05, 3.63) is 0 Å². The molecule has 0 atom stereocenters. The summed E-state index contributed by atoms with van der Waals surface area (Å²) in [5.41, 5.74) is 10.1. The Morgan fingerprint density at radius 1 is 1.07 bits per heavy atom. The molecule has 1 rings (SSSR count).